The third-order valence-corrected chi connectivity index (χ3v) is 2.41. The molecule has 0 fully saturated rings. The van der Waals surface area contributed by atoms with E-state index in [1.165, 1.54) is 0 Å². The average molecular weight is 181 g/mol. The minimum atomic E-state index is -0.790. The second-order valence-electron chi connectivity index (χ2n) is 3.19. The number of rotatable bonds is 1. The second kappa shape index (κ2) is 2.85. The van der Waals surface area contributed by atoms with E-state index in [9.17, 15) is 4.79 Å². The van der Waals surface area contributed by atoms with Crippen LogP contribution in [-0.4, -0.2) is 27.4 Å². The number of aryl methyl sites for hydroxylation is 1. The van der Waals surface area contributed by atoms with Crippen molar-refractivity contribution in [3.05, 3.63) is 17.5 Å². The van der Waals surface area contributed by atoms with Crippen LogP contribution in [0.3, 0.4) is 0 Å². The Hall–Kier alpha value is -1.36. The SMILES string of the molecule is Cn1ncc2c1CNCC2C(=O)O. The van der Waals surface area contributed by atoms with E-state index in [2.05, 4.69) is 10.4 Å². The Morgan fingerprint density at radius 3 is 3.31 bits per heavy atom. The van der Waals surface area contributed by atoms with Crippen LogP contribution in [0.5, 0.6) is 0 Å². The fraction of sp³-hybridized carbons (Fsp3) is 0.500. The molecule has 2 N–H and O–H groups in total. The summed E-state index contributed by atoms with van der Waals surface area (Å²) in [6, 6.07) is 0. The molecule has 13 heavy (non-hydrogen) atoms. The minimum Gasteiger partial charge on any atom is -0.481 e. The first-order chi connectivity index (χ1) is 6.20. The van der Waals surface area contributed by atoms with E-state index in [4.69, 9.17) is 5.11 Å². The Balaban J connectivity index is 2.43. The number of carboxylic acid groups (broad SMARTS) is 1. The largest absolute Gasteiger partial charge is 0.481 e. The van der Waals surface area contributed by atoms with Gasteiger partial charge in [-0.1, -0.05) is 0 Å². The molecule has 2 rings (SSSR count). The lowest BCUT2D eigenvalue weighted by Crippen LogP contribution is -2.32. The van der Waals surface area contributed by atoms with E-state index < -0.39 is 11.9 Å². The van der Waals surface area contributed by atoms with Gasteiger partial charge in [-0.15, -0.1) is 0 Å². The molecule has 70 valence electrons. The Kier molecular flexibility index (Phi) is 1.81. The maximum atomic E-state index is 10.8. The highest BCUT2D eigenvalue weighted by Crippen LogP contribution is 2.22. The Bertz CT molecular complexity index is 345. The summed E-state index contributed by atoms with van der Waals surface area (Å²) in [6.07, 6.45) is 1.65. The topological polar surface area (TPSA) is 67.2 Å². The molecule has 0 bridgehead atoms. The lowest BCUT2D eigenvalue weighted by atomic mass is 9.96. The molecule has 1 unspecified atom stereocenters. The van der Waals surface area contributed by atoms with Gasteiger partial charge in [0.05, 0.1) is 17.8 Å². The highest BCUT2D eigenvalue weighted by Gasteiger charge is 2.28. The van der Waals surface area contributed by atoms with Crippen molar-refractivity contribution in [2.75, 3.05) is 6.54 Å². The van der Waals surface area contributed by atoms with E-state index in [1.54, 1.807) is 10.9 Å². The van der Waals surface area contributed by atoms with Crippen molar-refractivity contribution in [1.29, 1.82) is 0 Å². The molecule has 0 amide bonds. The number of hydrogen-bond acceptors (Lipinski definition) is 3. The smallest absolute Gasteiger partial charge is 0.312 e. The van der Waals surface area contributed by atoms with Crippen LogP contribution in [-0.2, 0) is 18.4 Å². The number of hydrogen-bond donors (Lipinski definition) is 2. The molecule has 2 heterocycles. The Morgan fingerprint density at radius 1 is 1.85 bits per heavy atom. The molecular formula is C8H11N3O2. The predicted molar refractivity (Wildman–Crippen MR) is 45.3 cm³/mol. The third-order valence-electron chi connectivity index (χ3n) is 2.41. The van der Waals surface area contributed by atoms with Crippen molar-refractivity contribution in [3.8, 4) is 0 Å². The van der Waals surface area contributed by atoms with Crippen molar-refractivity contribution in [2.45, 2.75) is 12.5 Å². The van der Waals surface area contributed by atoms with E-state index in [0.717, 1.165) is 11.3 Å². The molecule has 0 spiro atoms. The molecule has 1 aliphatic heterocycles. The van der Waals surface area contributed by atoms with Gasteiger partial charge < -0.3 is 10.4 Å². The van der Waals surface area contributed by atoms with Gasteiger partial charge in [-0.3, -0.25) is 9.48 Å². The van der Waals surface area contributed by atoms with Crippen LogP contribution < -0.4 is 5.32 Å². The quantitative estimate of drug-likeness (QED) is 0.623. The summed E-state index contributed by atoms with van der Waals surface area (Å²) in [6.45, 7) is 1.20. The molecule has 5 nitrogen and oxygen atoms in total. The summed E-state index contributed by atoms with van der Waals surface area (Å²) in [5, 5.41) is 16.0. The highest BCUT2D eigenvalue weighted by molar-refractivity contribution is 5.77. The Morgan fingerprint density at radius 2 is 2.62 bits per heavy atom. The number of fused-ring (bicyclic) bond motifs is 1. The third kappa shape index (κ3) is 1.21. The van der Waals surface area contributed by atoms with Crippen LogP contribution in [0.1, 0.15) is 17.2 Å². The van der Waals surface area contributed by atoms with Gasteiger partial charge in [0.1, 0.15) is 0 Å². The summed E-state index contributed by atoms with van der Waals surface area (Å²) in [5.74, 6) is -1.24. The van der Waals surface area contributed by atoms with Gasteiger partial charge in [-0.05, 0) is 0 Å². The highest BCUT2D eigenvalue weighted by atomic mass is 16.4. The van der Waals surface area contributed by atoms with Crippen molar-refractivity contribution in [1.82, 2.24) is 15.1 Å². The van der Waals surface area contributed by atoms with Crippen LogP contribution in [0.4, 0.5) is 0 Å². The maximum Gasteiger partial charge on any atom is 0.312 e. The van der Waals surface area contributed by atoms with Crippen LogP contribution in [0.25, 0.3) is 0 Å². The number of carbonyl (C=O) groups is 1. The van der Waals surface area contributed by atoms with Gasteiger partial charge in [0, 0.05) is 25.7 Å². The summed E-state index contributed by atoms with van der Waals surface area (Å²) < 4.78 is 1.72. The van der Waals surface area contributed by atoms with E-state index >= 15 is 0 Å². The molecule has 1 aromatic heterocycles. The monoisotopic (exact) mass is 181 g/mol. The first kappa shape index (κ1) is 8.25. The average Bonchev–Trinajstić information content (AvgIpc) is 2.48. The Labute approximate surface area is 75.4 Å². The molecule has 0 radical (unpaired) electrons. The number of nitrogens with one attached hydrogen (secondary N) is 1. The van der Waals surface area contributed by atoms with Gasteiger partial charge in [0.15, 0.2) is 0 Å². The van der Waals surface area contributed by atoms with E-state index in [1.807, 2.05) is 7.05 Å². The first-order valence-corrected chi connectivity index (χ1v) is 4.14. The summed E-state index contributed by atoms with van der Waals surface area (Å²) >= 11 is 0. The van der Waals surface area contributed by atoms with Gasteiger partial charge in [0.25, 0.3) is 0 Å². The number of carboxylic acids is 1. The van der Waals surface area contributed by atoms with Crippen LogP contribution in [0.2, 0.25) is 0 Å². The number of nitrogens with zero attached hydrogens (tertiary/aromatic N) is 2. The van der Waals surface area contributed by atoms with Gasteiger partial charge in [-0.25, -0.2) is 0 Å². The van der Waals surface area contributed by atoms with E-state index in [0.29, 0.717) is 13.1 Å². The standard InChI is InChI=1S/C8H11N3O2/c1-11-7-4-9-2-6(8(12)13)5(7)3-10-11/h3,6,9H,2,4H2,1H3,(H,12,13). The van der Waals surface area contributed by atoms with Crippen LogP contribution >= 0.6 is 0 Å². The molecule has 0 saturated carbocycles. The van der Waals surface area contributed by atoms with Crippen molar-refractivity contribution < 1.29 is 9.90 Å². The molecule has 1 aromatic rings. The van der Waals surface area contributed by atoms with Crippen molar-refractivity contribution in [3.63, 3.8) is 0 Å². The van der Waals surface area contributed by atoms with Crippen molar-refractivity contribution in [2.24, 2.45) is 7.05 Å². The fourth-order valence-electron chi connectivity index (χ4n) is 1.65. The van der Waals surface area contributed by atoms with Crippen molar-refractivity contribution >= 4 is 5.97 Å². The van der Waals surface area contributed by atoms with Crippen LogP contribution in [0, 0.1) is 0 Å². The predicted octanol–water partition coefficient (Wildman–Crippen LogP) is -0.309. The zero-order chi connectivity index (χ0) is 9.42. The lowest BCUT2D eigenvalue weighted by Gasteiger charge is -2.19. The normalized spacial score (nSPS) is 21.2. The minimum absolute atomic E-state index is 0.447. The number of aliphatic carboxylic acids is 1. The van der Waals surface area contributed by atoms with Crippen LogP contribution in [0.15, 0.2) is 6.20 Å². The molecule has 0 aromatic carbocycles. The fourth-order valence-corrected chi connectivity index (χ4v) is 1.65. The zero-order valence-electron chi connectivity index (χ0n) is 7.32. The van der Waals surface area contributed by atoms with Gasteiger partial charge in [-0.2, -0.15) is 5.10 Å². The molecule has 1 atom stereocenters. The molecule has 5 heteroatoms. The second-order valence-corrected chi connectivity index (χ2v) is 3.19. The van der Waals surface area contributed by atoms with Gasteiger partial charge in [0.2, 0.25) is 0 Å². The molecule has 1 aliphatic rings. The molecule has 0 saturated heterocycles. The lowest BCUT2D eigenvalue weighted by molar-refractivity contribution is -0.138. The zero-order valence-corrected chi connectivity index (χ0v) is 7.32. The summed E-state index contributed by atoms with van der Waals surface area (Å²) in [5.41, 5.74) is 1.81. The van der Waals surface area contributed by atoms with Gasteiger partial charge >= 0.3 is 5.97 Å². The molecule has 0 aliphatic carbocycles. The first-order valence-electron chi connectivity index (χ1n) is 4.14. The van der Waals surface area contributed by atoms with E-state index in [-0.39, 0.29) is 0 Å². The maximum absolute atomic E-state index is 10.8. The summed E-state index contributed by atoms with van der Waals surface area (Å²) in [4.78, 5) is 10.8. The summed E-state index contributed by atoms with van der Waals surface area (Å²) in [7, 11) is 1.82. The number of aromatic nitrogens is 2. The molecular weight excluding hydrogens is 170 g/mol.